The van der Waals surface area contributed by atoms with Gasteiger partial charge in [0.2, 0.25) is 0 Å². The van der Waals surface area contributed by atoms with Gasteiger partial charge in [-0.15, -0.1) is 0 Å². The Bertz CT molecular complexity index is 1310. The molecule has 2 aromatic rings. The Morgan fingerprint density at radius 3 is 2.80 bits per heavy atom. The Kier molecular flexibility index (Phi) is 9.36. The van der Waals surface area contributed by atoms with Crippen molar-refractivity contribution in [3.05, 3.63) is 58.5 Å². The number of ether oxygens (including phenoxy) is 3. The quantitative estimate of drug-likeness (QED) is 0.366. The van der Waals surface area contributed by atoms with Gasteiger partial charge in [-0.3, -0.25) is 9.78 Å². The lowest BCUT2D eigenvalue weighted by atomic mass is 10.1. The number of benzene rings is 1. The molecule has 2 aliphatic heterocycles. The van der Waals surface area contributed by atoms with Crippen LogP contribution in [0.15, 0.2) is 47.9 Å². The molecule has 1 aromatic heterocycles. The highest BCUT2D eigenvalue weighted by molar-refractivity contribution is 7.81. The minimum Gasteiger partial charge on any atom is -0.493 e. The predicted molar refractivity (Wildman–Crippen MR) is 157 cm³/mol. The summed E-state index contributed by atoms with van der Waals surface area (Å²) in [6, 6.07) is 7.04. The molecule has 12 heteroatoms. The number of nitrogens with one attached hydrogen (secondary N) is 3. The van der Waals surface area contributed by atoms with Gasteiger partial charge < -0.3 is 35.1 Å². The maximum Gasteiger partial charge on any atom is 0.410 e. The number of thiocarbonyl (C=S) groups is 1. The van der Waals surface area contributed by atoms with E-state index < -0.39 is 5.60 Å². The number of amides is 2. The summed E-state index contributed by atoms with van der Waals surface area (Å²) in [4.78, 5) is 31.4. The smallest absolute Gasteiger partial charge is 0.410 e. The molecule has 0 aliphatic carbocycles. The predicted octanol–water partition coefficient (Wildman–Crippen LogP) is 4.43. The van der Waals surface area contributed by atoms with E-state index in [0.29, 0.717) is 66.1 Å². The zero-order valence-corrected chi connectivity index (χ0v) is 24.6. The molecular weight excluding hydrogens is 554 g/mol. The fourth-order valence-corrected chi connectivity index (χ4v) is 4.89. The lowest BCUT2D eigenvalue weighted by molar-refractivity contribution is -0.117. The molecule has 3 heterocycles. The standard InChI is InChI=1S/C28H34ClN5O5S/c1-28(2,3)39-27(36)34-13-10-18(34)16-38-22-15-30-11-8-17(22)14-32-20-9-12-31-25(35)23(20)26(40)33-21-7-5-6-19(29)24(21)37-4/h5-8,11,15,18,32H,9-10,12-14,16H2,1-4H3,(H,31,35)(H,33,40)/t18-/m0/s1. The Morgan fingerprint density at radius 2 is 2.10 bits per heavy atom. The summed E-state index contributed by atoms with van der Waals surface area (Å²) in [6.07, 6.45) is 4.40. The van der Waals surface area contributed by atoms with Gasteiger partial charge in [-0.25, -0.2) is 4.79 Å². The van der Waals surface area contributed by atoms with Crippen molar-refractivity contribution in [2.75, 3.05) is 32.1 Å². The van der Waals surface area contributed by atoms with E-state index in [1.807, 2.05) is 26.8 Å². The first kappa shape index (κ1) is 29.4. The molecule has 0 spiro atoms. The largest absolute Gasteiger partial charge is 0.493 e. The molecule has 1 atom stereocenters. The summed E-state index contributed by atoms with van der Waals surface area (Å²) in [7, 11) is 1.52. The third-order valence-electron chi connectivity index (χ3n) is 6.40. The van der Waals surface area contributed by atoms with Gasteiger partial charge in [0.1, 0.15) is 22.9 Å². The summed E-state index contributed by atoms with van der Waals surface area (Å²) in [5.74, 6) is 0.761. The first-order valence-corrected chi connectivity index (χ1v) is 13.8. The Hall–Kier alpha value is -3.57. The van der Waals surface area contributed by atoms with Crippen LogP contribution >= 0.6 is 23.8 Å². The van der Waals surface area contributed by atoms with Crippen molar-refractivity contribution in [2.24, 2.45) is 0 Å². The molecule has 1 saturated heterocycles. The highest BCUT2D eigenvalue weighted by Gasteiger charge is 2.36. The minimum atomic E-state index is -0.554. The Balaban J connectivity index is 1.43. The van der Waals surface area contributed by atoms with Crippen molar-refractivity contribution in [2.45, 2.75) is 51.8 Å². The van der Waals surface area contributed by atoms with E-state index >= 15 is 0 Å². The van der Waals surface area contributed by atoms with Gasteiger partial charge in [0.25, 0.3) is 5.91 Å². The van der Waals surface area contributed by atoms with Gasteiger partial charge in [0.05, 0.1) is 35.6 Å². The molecule has 0 unspecified atom stereocenters. The number of hydrogen-bond acceptors (Lipinski definition) is 8. The van der Waals surface area contributed by atoms with Gasteiger partial charge in [-0.2, -0.15) is 0 Å². The minimum absolute atomic E-state index is 0.0702. The Labute approximate surface area is 244 Å². The van der Waals surface area contributed by atoms with Crippen molar-refractivity contribution in [3.63, 3.8) is 0 Å². The molecule has 40 heavy (non-hydrogen) atoms. The van der Waals surface area contributed by atoms with Crippen LogP contribution in [0.5, 0.6) is 11.5 Å². The second-order valence-electron chi connectivity index (χ2n) is 10.4. The molecule has 3 N–H and O–H groups in total. The van der Waals surface area contributed by atoms with Crippen LogP contribution in [0.2, 0.25) is 5.02 Å². The lowest BCUT2D eigenvalue weighted by Gasteiger charge is -2.41. The van der Waals surface area contributed by atoms with E-state index in [-0.39, 0.29) is 23.0 Å². The molecule has 1 fully saturated rings. The second kappa shape index (κ2) is 12.7. The van der Waals surface area contributed by atoms with Gasteiger partial charge >= 0.3 is 6.09 Å². The maximum absolute atomic E-state index is 12.9. The van der Waals surface area contributed by atoms with Crippen LogP contribution in [-0.4, -0.2) is 65.3 Å². The van der Waals surface area contributed by atoms with E-state index in [0.717, 1.165) is 12.0 Å². The number of aromatic nitrogens is 1. The normalized spacial score (nSPS) is 17.0. The molecule has 1 aromatic carbocycles. The van der Waals surface area contributed by atoms with E-state index in [1.165, 1.54) is 7.11 Å². The summed E-state index contributed by atoms with van der Waals surface area (Å²) >= 11 is 11.9. The van der Waals surface area contributed by atoms with E-state index in [1.54, 1.807) is 35.5 Å². The molecular formula is C28H34ClN5O5S. The van der Waals surface area contributed by atoms with Crippen LogP contribution in [0.3, 0.4) is 0 Å². The summed E-state index contributed by atoms with van der Waals surface area (Å²) in [5.41, 5.74) is 1.92. The number of carbonyl (C=O) groups excluding carboxylic acids is 2. The van der Waals surface area contributed by atoms with Crippen molar-refractivity contribution in [1.82, 2.24) is 20.5 Å². The van der Waals surface area contributed by atoms with Crippen molar-refractivity contribution < 1.29 is 23.8 Å². The SMILES string of the molecule is COc1c(Cl)cccc1NC(=S)C1=C(NCc2ccncc2OC[C@@H]2CCN2C(=O)OC(C)(C)C)CCNC1=O. The average Bonchev–Trinajstić information content (AvgIpc) is 2.86. The van der Waals surface area contributed by atoms with Gasteiger partial charge in [0, 0.05) is 43.5 Å². The van der Waals surface area contributed by atoms with E-state index in [4.69, 9.17) is 38.0 Å². The van der Waals surface area contributed by atoms with Gasteiger partial charge in [-0.05, 0) is 45.4 Å². The van der Waals surface area contributed by atoms with Crippen LogP contribution in [-0.2, 0) is 16.1 Å². The lowest BCUT2D eigenvalue weighted by Crippen LogP contribution is -2.55. The number of methoxy groups -OCH3 is 1. The van der Waals surface area contributed by atoms with Gasteiger partial charge in [-0.1, -0.05) is 29.9 Å². The maximum atomic E-state index is 12.9. The second-order valence-corrected chi connectivity index (χ2v) is 11.2. The number of halogens is 1. The number of carbonyl (C=O) groups is 2. The number of nitrogens with zero attached hydrogens (tertiary/aromatic N) is 2. The topological polar surface area (TPSA) is 114 Å². The average molecular weight is 588 g/mol. The first-order chi connectivity index (χ1) is 19.1. The number of anilines is 1. The molecule has 4 rings (SSSR count). The van der Waals surface area contributed by atoms with Crippen molar-refractivity contribution >= 4 is 46.5 Å². The summed E-state index contributed by atoms with van der Waals surface area (Å²) in [6.45, 7) is 7.36. The van der Waals surface area contributed by atoms with Gasteiger partial charge in [0.15, 0.2) is 5.75 Å². The third kappa shape index (κ3) is 7.14. The molecule has 0 radical (unpaired) electrons. The summed E-state index contributed by atoms with van der Waals surface area (Å²) in [5, 5.41) is 9.76. The molecule has 0 saturated carbocycles. The molecule has 214 valence electrons. The highest BCUT2D eigenvalue weighted by Crippen LogP contribution is 2.33. The van der Waals surface area contributed by atoms with Crippen LogP contribution in [0.4, 0.5) is 10.5 Å². The fourth-order valence-electron chi connectivity index (χ4n) is 4.32. The third-order valence-corrected chi connectivity index (χ3v) is 7.01. The zero-order valence-electron chi connectivity index (χ0n) is 23.0. The van der Waals surface area contributed by atoms with Crippen LogP contribution in [0.1, 0.15) is 39.2 Å². The van der Waals surface area contributed by atoms with E-state index in [9.17, 15) is 9.59 Å². The molecule has 2 aliphatic rings. The number of rotatable bonds is 9. The van der Waals surface area contributed by atoms with Crippen molar-refractivity contribution in [1.29, 1.82) is 0 Å². The van der Waals surface area contributed by atoms with Crippen molar-refractivity contribution in [3.8, 4) is 11.5 Å². The zero-order chi connectivity index (χ0) is 28.9. The fraction of sp³-hybridized carbons (Fsp3) is 0.429. The Morgan fingerprint density at radius 1 is 1.30 bits per heavy atom. The number of para-hydroxylation sites is 1. The highest BCUT2D eigenvalue weighted by atomic mass is 35.5. The number of hydrogen-bond donors (Lipinski definition) is 3. The van der Waals surface area contributed by atoms with E-state index in [2.05, 4.69) is 20.9 Å². The first-order valence-electron chi connectivity index (χ1n) is 13.0. The number of likely N-dealkylation sites (tertiary alicyclic amines) is 1. The van der Waals surface area contributed by atoms with Crippen LogP contribution in [0, 0.1) is 0 Å². The molecule has 2 amide bonds. The van der Waals surface area contributed by atoms with Crippen LogP contribution < -0.4 is 25.4 Å². The molecule has 0 bridgehead atoms. The number of pyridine rings is 1. The monoisotopic (exact) mass is 587 g/mol. The summed E-state index contributed by atoms with van der Waals surface area (Å²) < 4.78 is 17.0. The molecule has 10 nitrogen and oxygen atoms in total. The van der Waals surface area contributed by atoms with Crippen LogP contribution in [0.25, 0.3) is 0 Å².